The lowest BCUT2D eigenvalue weighted by Crippen LogP contribution is -2.52. The van der Waals surface area contributed by atoms with Gasteiger partial charge in [-0.05, 0) is 80.0 Å². The standard InChI is InChI=1S/C28H37N5O2S2/c1-15(2)23-24-18(5)26(21-11-20-8-7-19(21)12-32(20)9-10-37(6,34)35)36-28(24)31-25(23)22-13-33-27(29-14-30-33)17(4)16(22)3/h13-15,19-21,31H,7-12H2,1-6H3/t19-,20?,21-/m0/s1. The number of aromatic amines is 1. The number of nitrogens with zero attached hydrogens (tertiary/aromatic N) is 4. The molecule has 4 aromatic rings. The number of piperidine rings is 2. The summed E-state index contributed by atoms with van der Waals surface area (Å²) in [6, 6.07) is 0.497. The van der Waals surface area contributed by atoms with Gasteiger partial charge in [-0.25, -0.2) is 17.9 Å². The molecule has 1 N–H and O–H groups in total. The van der Waals surface area contributed by atoms with Gasteiger partial charge < -0.3 is 4.98 Å². The maximum absolute atomic E-state index is 11.8. The fraction of sp³-hybridized carbons (Fsp3) is 0.571. The van der Waals surface area contributed by atoms with Gasteiger partial charge in [0.25, 0.3) is 0 Å². The Balaban J connectivity index is 1.38. The Bertz CT molecular complexity index is 1610. The first-order chi connectivity index (χ1) is 17.5. The fourth-order valence-corrected chi connectivity index (χ4v) is 8.94. The van der Waals surface area contributed by atoms with Crippen molar-refractivity contribution in [3.05, 3.63) is 39.7 Å². The van der Waals surface area contributed by atoms with Gasteiger partial charge in [-0.1, -0.05) is 13.8 Å². The zero-order chi connectivity index (χ0) is 26.2. The van der Waals surface area contributed by atoms with E-state index in [1.54, 1.807) is 6.33 Å². The van der Waals surface area contributed by atoms with E-state index in [-0.39, 0.29) is 5.75 Å². The summed E-state index contributed by atoms with van der Waals surface area (Å²) in [5.41, 5.74) is 8.56. The van der Waals surface area contributed by atoms with Crippen LogP contribution >= 0.6 is 11.3 Å². The van der Waals surface area contributed by atoms with E-state index < -0.39 is 9.84 Å². The lowest BCUT2D eigenvalue weighted by Gasteiger charge is -2.49. The molecule has 3 fully saturated rings. The topological polar surface area (TPSA) is 83.4 Å². The van der Waals surface area contributed by atoms with E-state index in [4.69, 9.17) is 0 Å². The molecule has 2 bridgehead atoms. The molecule has 37 heavy (non-hydrogen) atoms. The molecule has 0 aromatic carbocycles. The number of nitrogens with one attached hydrogen (secondary N) is 1. The number of hydrogen-bond acceptors (Lipinski definition) is 6. The number of aromatic nitrogens is 4. The molecule has 2 aliphatic heterocycles. The second-order valence-electron chi connectivity index (χ2n) is 11.6. The van der Waals surface area contributed by atoms with Crippen LogP contribution in [-0.2, 0) is 9.84 Å². The monoisotopic (exact) mass is 539 g/mol. The Morgan fingerprint density at radius 3 is 2.62 bits per heavy atom. The van der Waals surface area contributed by atoms with Gasteiger partial charge in [0, 0.05) is 47.4 Å². The quantitative estimate of drug-likeness (QED) is 0.345. The Labute approximate surface area is 223 Å². The van der Waals surface area contributed by atoms with Crippen LogP contribution in [0, 0.1) is 26.7 Å². The lowest BCUT2D eigenvalue weighted by atomic mass is 9.70. The zero-order valence-corrected chi connectivity index (χ0v) is 24.3. The van der Waals surface area contributed by atoms with Crippen LogP contribution in [0.4, 0.5) is 0 Å². The number of rotatable bonds is 6. The summed E-state index contributed by atoms with van der Waals surface area (Å²) in [5, 5.41) is 5.83. The predicted molar refractivity (Wildman–Crippen MR) is 152 cm³/mol. The van der Waals surface area contributed by atoms with Crippen molar-refractivity contribution in [3.63, 3.8) is 0 Å². The molecule has 1 saturated carbocycles. The summed E-state index contributed by atoms with van der Waals surface area (Å²) in [6.07, 6.45) is 8.67. The number of fused-ring (bicyclic) bond motifs is 5. The van der Waals surface area contributed by atoms with Gasteiger partial charge in [-0.15, -0.1) is 11.3 Å². The highest BCUT2D eigenvalue weighted by molar-refractivity contribution is 7.90. The van der Waals surface area contributed by atoms with Crippen LogP contribution < -0.4 is 0 Å². The molecule has 9 heteroatoms. The van der Waals surface area contributed by atoms with Gasteiger partial charge in [-0.2, -0.15) is 5.10 Å². The second-order valence-corrected chi connectivity index (χ2v) is 15.0. The molecular formula is C28H37N5O2S2. The molecule has 6 heterocycles. The number of pyridine rings is 1. The fourth-order valence-electron chi connectivity index (χ4n) is 6.94. The average molecular weight is 540 g/mol. The van der Waals surface area contributed by atoms with E-state index in [0.29, 0.717) is 30.3 Å². The molecule has 1 unspecified atom stereocenters. The molecule has 0 spiro atoms. The summed E-state index contributed by atoms with van der Waals surface area (Å²) in [5.74, 6) is 1.82. The average Bonchev–Trinajstić information content (AvgIpc) is 3.54. The van der Waals surface area contributed by atoms with Crippen LogP contribution in [0.1, 0.15) is 72.1 Å². The first-order valence-corrected chi connectivity index (χ1v) is 16.3. The summed E-state index contributed by atoms with van der Waals surface area (Å²) in [6.45, 7) is 12.9. The third-order valence-corrected chi connectivity index (χ3v) is 11.2. The van der Waals surface area contributed by atoms with Gasteiger partial charge in [0.05, 0.1) is 11.4 Å². The maximum atomic E-state index is 11.8. The van der Waals surface area contributed by atoms with Gasteiger partial charge in [0.2, 0.25) is 0 Å². The molecular weight excluding hydrogens is 502 g/mol. The van der Waals surface area contributed by atoms with Crippen molar-refractivity contribution in [3.8, 4) is 11.3 Å². The van der Waals surface area contributed by atoms with Crippen molar-refractivity contribution in [1.82, 2.24) is 24.5 Å². The summed E-state index contributed by atoms with van der Waals surface area (Å²) < 4.78 is 25.4. The van der Waals surface area contributed by atoms with Crippen LogP contribution in [0.2, 0.25) is 0 Å². The molecule has 3 atom stereocenters. The number of aryl methyl sites for hydroxylation is 2. The second kappa shape index (κ2) is 8.92. The van der Waals surface area contributed by atoms with Crippen molar-refractivity contribution in [2.45, 2.75) is 71.8 Å². The van der Waals surface area contributed by atoms with Gasteiger partial charge in [0.1, 0.15) is 21.0 Å². The largest absolute Gasteiger partial charge is 0.346 e. The van der Waals surface area contributed by atoms with Gasteiger partial charge in [0.15, 0.2) is 5.65 Å². The summed E-state index contributed by atoms with van der Waals surface area (Å²) >= 11 is 1.95. The van der Waals surface area contributed by atoms with Crippen LogP contribution in [-0.4, -0.2) is 64.0 Å². The Kier molecular flexibility index (Phi) is 6.04. The lowest BCUT2D eigenvalue weighted by molar-refractivity contribution is 0.0377. The van der Waals surface area contributed by atoms with E-state index in [1.807, 2.05) is 15.9 Å². The first-order valence-electron chi connectivity index (χ1n) is 13.4. The number of sulfone groups is 1. The van der Waals surface area contributed by atoms with Gasteiger partial charge >= 0.3 is 0 Å². The molecule has 4 aromatic heterocycles. The molecule has 2 saturated heterocycles. The third kappa shape index (κ3) is 4.14. The summed E-state index contributed by atoms with van der Waals surface area (Å²) in [4.78, 5) is 13.6. The minimum Gasteiger partial charge on any atom is -0.346 e. The molecule has 3 aliphatic rings. The van der Waals surface area contributed by atoms with E-state index in [9.17, 15) is 8.42 Å². The normalized spacial score (nSPS) is 22.7. The van der Waals surface area contributed by atoms with E-state index in [0.717, 1.165) is 18.6 Å². The van der Waals surface area contributed by atoms with Crippen LogP contribution in [0.25, 0.3) is 27.1 Å². The Morgan fingerprint density at radius 1 is 1.16 bits per heavy atom. The van der Waals surface area contributed by atoms with Crippen LogP contribution in [0.15, 0.2) is 12.5 Å². The summed E-state index contributed by atoms with van der Waals surface area (Å²) in [7, 11) is -2.93. The third-order valence-electron chi connectivity index (χ3n) is 8.97. The first kappa shape index (κ1) is 25.1. The number of thiophene rings is 1. The van der Waals surface area contributed by atoms with E-state index >= 15 is 0 Å². The minimum atomic E-state index is -2.93. The highest BCUT2D eigenvalue weighted by Crippen LogP contribution is 2.51. The predicted octanol–water partition coefficient (Wildman–Crippen LogP) is 5.60. The zero-order valence-electron chi connectivity index (χ0n) is 22.6. The molecule has 7 rings (SSSR count). The SMILES string of the molecule is Cc1c(-c2[nH]c3sc([C@H]4CC5CC[C@H]4CN5CCS(C)(=O)=O)c(C)c3c2C(C)C)cn2ncnc2c1C. The van der Waals surface area contributed by atoms with E-state index in [2.05, 4.69) is 60.8 Å². The van der Waals surface area contributed by atoms with Crippen molar-refractivity contribution < 1.29 is 8.42 Å². The van der Waals surface area contributed by atoms with Gasteiger partial charge in [-0.3, -0.25) is 4.90 Å². The highest BCUT2D eigenvalue weighted by Gasteiger charge is 2.42. The van der Waals surface area contributed by atoms with Crippen molar-refractivity contribution in [2.24, 2.45) is 5.92 Å². The van der Waals surface area contributed by atoms with Crippen LogP contribution in [0.5, 0.6) is 0 Å². The smallest absolute Gasteiger partial charge is 0.158 e. The van der Waals surface area contributed by atoms with E-state index in [1.165, 1.54) is 67.7 Å². The molecule has 0 amide bonds. The molecule has 7 nitrogen and oxygen atoms in total. The Morgan fingerprint density at radius 2 is 1.95 bits per heavy atom. The molecule has 1 aliphatic carbocycles. The minimum absolute atomic E-state index is 0.266. The molecule has 0 radical (unpaired) electrons. The maximum Gasteiger partial charge on any atom is 0.158 e. The van der Waals surface area contributed by atoms with Crippen LogP contribution in [0.3, 0.4) is 0 Å². The highest BCUT2D eigenvalue weighted by atomic mass is 32.2. The number of H-pyrrole nitrogens is 1. The van der Waals surface area contributed by atoms with Crippen molar-refractivity contribution in [1.29, 1.82) is 0 Å². The van der Waals surface area contributed by atoms with Crippen molar-refractivity contribution in [2.75, 3.05) is 25.1 Å². The molecule has 198 valence electrons. The Hall–Kier alpha value is -2.23. The number of hydrogen-bond donors (Lipinski definition) is 1. The van der Waals surface area contributed by atoms with Crippen molar-refractivity contribution >= 4 is 37.0 Å².